The van der Waals surface area contributed by atoms with Crippen LogP contribution in [0.3, 0.4) is 0 Å². The molecule has 2 aliphatic heterocycles. The Morgan fingerprint density at radius 3 is 2.31 bits per heavy atom. The fraction of sp³-hybridized carbons (Fsp3) is 0.467. The molecule has 0 radical (unpaired) electrons. The van der Waals surface area contributed by atoms with Crippen molar-refractivity contribution in [1.82, 2.24) is 9.80 Å². The number of Topliss-reactive ketones (excluding diaryl/α,β-unsaturated/α-hetero) is 1. The zero-order valence-corrected chi connectivity index (χ0v) is 23.6. The predicted octanol–water partition coefficient (Wildman–Crippen LogP) is 4.19. The number of aliphatic hydroxyl groups is 1. The van der Waals surface area contributed by atoms with Gasteiger partial charge in [0, 0.05) is 18.5 Å². The maximum absolute atomic E-state index is 13.5. The van der Waals surface area contributed by atoms with Crippen LogP contribution >= 0.6 is 0 Å². The summed E-state index contributed by atoms with van der Waals surface area (Å²) in [4.78, 5) is 30.7. The van der Waals surface area contributed by atoms with Gasteiger partial charge in [-0.2, -0.15) is 0 Å². The molecule has 2 atom stereocenters. The number of likely N-dealkylation sites (tertiary alicyclic amines) is 1. The first-order valence-electron chi connectivity index (χ1n) is 13.4. The Labute approximate surface area is 229 Å². The topological polar surface area (TPSA) is 97.8 Å². The molecule has 1 N–H and O–H groups in total. The van der Waals surface area contributed by atoms with Crippen LogP contribution in [0.25, 0.3) is 5.76 Å². The van der Waals surface area contributed by atoms with Gasteiger partial charge < -0.3 is 33.9 Å². The second-order valence-electron chi connectivity index (χ2n) is 9.79. The number of ketones is 1. The Balaban J connectivity index is 1.83. The SMILES string of the molecule is CCN(CC)CCCN1C(=O)C(=O)/C(=C(/O)c2ccc3c(c2)C[C@@H](C)O3)[C@H]1c1cc(OC)c(OC)c(OC)c1. The van der Waals surface area contributed by atoms with Gasteiger partial charge in [-0.1, -0.05) is 13.8 Å². The van der Waals surface area contributed by atoms with Gasteiger partial charge in [0.2, 0.25) is 5.75 Å². The maximum atomic E-state index is 13.5. The van der Waals surface area contributed by atoms with E-state index >= 15 is 0 Å². The zero-order chi connectivity index (χ0) is 28.3. The lowest BCUT2D eigenvalue weighted by Crippen LogP contribution is -2.33. The van der Waals surface area contributed by atoms with Crippen molar-refractivity contribution >= 4 is 17.4 Å². The lowest BCUT2D eigenvalue weighted by atomic mass is 9.94. The average Bonchev–Trinajstić information content (AvgIpc) is 3.44. The molecule has 0 saturated carbocycles. The van der Waals surface area contributed by atoms with Crippen molar-refractivity contribution in [3.63, 3.8) is 0 Å². The van der Waals surface area contributed by atoms with Crippen LogP contribution in [-0.4, -0.2) is 80.2 Å². The van der Waals surface area contributed by atoms with Crippen LogP contribution in [0.4, 0.5) is 0 Å². The largest absolute Gasteiger partial charge is 0.507 e. The highest BCUT2D eigenvalue weighted by Crippen LogP contribution is 2.46. The van der Waals surface area contributed by atoms with Gasteiger partial charge >= 0.3 is 0 Å². The van der Waals surface area contributed by atoms with Crippen molar-refractivity contribution in [2.24, 2.45) is 0 Å². The van der Waals surface area contributed by atoms with Crippen LogP contribution in [0.2, 0.25) is 0 Å². The van der Waals surface area contributed by atoms with Crippen molar-refractivity contribution in [3.8, 4) is 23.0 Å². The summed E-state index contributed by atoms with van der Waals surface area (Å²) >= 11 is 0. The van der Waals surface area contributed by atoms with Gasteiger partial charge in [0.25, 0.3) is 11.7 Å². The number of hydrogen-bond acceptors (Lipinski definition) is 8. The summed E-state index contributed by atoms with van der Waals surface area (Å²) in [5.74, 6) is 0.355. The molecule has 0 aromatic heterocycles. The highest BCUT2D eigenvalue weighted by molar-refractivity contribution is 6.46. The molecule has 0 unspecified atom stereocenters. The number of methoxy groups -OCH3 is 3. The van der Waals surface area contributed by atoms with Gasteiger partial charge in [0.05, 0.1) is 32.9 Å². The number of hydrogen-bond donors (Lipinski definition) is 1. The monoisotopic (exact) mass is 538 g/mol. The summed E-state index contributed by atoms with van der Waals surface area (Å²) < 4.78 is 22.4. The molecule has 9 nitrogen and oxygen atoms in total. The van der Waals surface area contributed by atoms with E-state index in [-0.39, 0.29) is 17.4 Å². The molecule has 210 valence electrons. The van der Waals surface area contributed by atoms with E-state index in [1.807, 2.05) is 13.0 Å². The zero-order valence-electron chi connectivity index (χ0n) is 23.6. The minimum atomic E-state index is -0.834. The summed E-state index contributed by atoms with van der Waals surface area (Å²) in [6.45, 7) is 9.07. The summed E-state index contributed by atoms with van der Waals surface area (Å²) in [7, 11) is 4.53. The summed E-state index contributed by atoms with van der Waals surface area (Å²) in [5.41, 5.74) is 2.02. The lowest BCUT2D eigenvalue weighted by molar-refractivity contribution is -0.140. The highest BCUT2D eigenvalue weighted by atomic mass is 16.5. The standard InChI is InChI=1S/C30H38N2O7/c1-7-31(8-2)12-9-13-32-26(21-16-23(36-4)29(38-6)24(17-21)37-5)25(28(34)30(32)35)27(33)19-10-11-22-20(15-19)14-18(3)39-22/h10-11,15-18,26,33H,7-9,12-14H2,1-6H3/b27-25+/t18-,26-/m1/s1. The van der Waals surface area contributed by atoms with Gasteiger partial charge in [-0.25, -0.2) is 0 Å². The van der Waals surface area contributed by atoms with Crippen molar-refractivity contribution in [2.45, 2.75) is 45.8 Å². The number of fused-ring (bicyclic) bond motifs is 1. The fourth-order valence-corrected chi connectivity index (χ4v) is 5.45. The predicted molar refractivity (Wildman–Crippen MR) is 148 cm³/mol. The first-order valence-corrected chi connectivity index (χ1v) is 13.4. The first kappa shape index (κ1) is 28.3. The lowest BCUT2D eigenvalue weighted by Gasteiger charge is -2.27. The van der Waals surface area contributed by atoms with Gasteiger partial charge in [-0.15, -0.1) is 0 Å². The molecule has 0 bridgehead atoms. The van der Waals surface area contributed by atoms with Crippen molar-refractivity contribution < 1.29 is 33.6 Å². The van der Waals surface area contributed by atoms with Crippen LogP contribution in [0.1, 0.15) is 49.9 Å². The van der Waals surface area contributed by atoms with E-state index in [1.54, 1.807) is 24.3 Å². The molecule has 2 aliphatic rings. The van der Waals surface area contributed by atoms with Crippen LogP contribution in [-0.2, 0) is 16.0 Å². The molecule has 0 aliphatic carbocycles. The van der Waals surface area contributed by atoms with Crippen LogP contribution in [0.5, 0.6) is 23.0 Å². The third-order valence-corrected chi connectivity index (χ3v) is 7.48. The Bertz CT molecular complexity index is 1240. The van der Waals surface area contributed by atoms with Gasteiger partial charge in [-0.3, -0.25) is 9.59 Å². The summed E-state index contributed by atoms with van der Waals surface area (Å²) in [6, 6.07) is 7.95. The number of benzene rings is 2. The van der Waals surface area contributed by atoms with Crippen molar-refractivity contribution in [3.05, 3.63) is 52.6 Å². The number of rotatable bonds is 11. The Hall–Kier alpha value is -3.72. The van der Waals surface area contributed by atoms with Crippen molar-refractivity contribution in [2.75, 3.05) is 47.5 Å². The average molecular weight is 539 g/mol. The molecule has 0 spiro atoms. The van der Waals surface area contributed by atoms with Gasteiger partial charge in [0.15, 0.2) is 11.5 Å². The Morgan fingerprint density at radius 1 is 1.05 bits per heavy atom. The minimum absolute atomic E-state index is 0.0315. The molecule has 2 aromatic carbocycles. The number of ether oxygens (including phenoxy) is 4. The highest BCUT2D eigenvalue weighted by Gasteiger charge is 2.46. The maximum Gasteiger partial charge on any atom is 0.295 e. The molecule has 2 aromatic rings. The van der Waals surface area contributed by atoms with E-state index in [0.29, 0.717) is 47.8 Å². The number of amides is 1. The first-order chi connectivity index (χ1) is 18.8. The molecule has 4 rings (SSSR count). The molecule has 1 saturated heterocycles. The summed E-state index contributed by atoms with van der Waals surface area (Å²) in [6.07, 6.45) is 1.41. The van der Waals surface area contributed by atoms with Crippen LogP contribution < -0.4 is 18.9 Å². The third-order valence-electron chi connectivity index (χ3n) is 7.48. The van der Waals surface area contributed by atoms with E-state index in [1.165, 1.54) is 26.2 Å². The van der Waals surface area contributed by atoms with E-state index in [2.05, 4.69) is 18.7 Å². The second kappa shape index (κ2) is 12.0. The quantitative estimate of drug-likeness (QED) is 0.258. The molecular formula is C30H38N2O7. The minimum Gasteiger partial charge on any atom is -0.507 e. The van der Waals surface area contributed by atoms with E-state index in [9.17, 15) is 14.7 Å². The third kappa shape index (κ3) is 5.41. The fourth-order valence-electron chi connectivity index (χ4n) is 5.45. The second-order valence-corrected chi connectivity index (χ2v) is 9.79. The molecule has 2 heterocycles. The Kier molecular flexibility index (Phi) is 8.70. The van der Waals surface area contributed by atoms with Crippen LogP contribution in [0.15, 0.2) is 35.9 Å². The van der Waals surface area contributed by atoms with E-state index in [4.69, 9.17) is 18.9 Å². The van der Waals surface area contributed by atoms with Crippen LogP contribution in [0, 0.1) is 0 Å². The number of aliphatic hydroxyl groups excluding tert-OH is 1. The van der Waals surface area contributed by atoms with Crippen molar-refractivity contribution in [1.29, 1.82) is 0 Å². The van der Waals surface area contributed by atoms with Gasteiger partial charge in [0.1, 0.15) is 17.6 Å². The number of carbonyl (C=O) groups excluding carboxylic acids is 2. The molecule has 39 heavy (non-hydrogen) atoms. The van der Waals surface area contributed by atoms with E-state index in [0.717, 1.165) is 30.9 Å². The van der Waals surface area contributed by atoms with E-state index < -0.39 is 17.7 Å². The smallest absolute Gasteiger partial charge is 0.295 e. The van der Waals surface area contributed by atoms with Gasteiger partial charge in [-0.05, 0) is 74.4 Å². The molecule has 9 heteroatoms. The summed E-state index contributed by atoms with van der Waals surface area (Å²) in [5, 5.41) is 11.5. The molecule has 1 fully saturated rings. The molecule has 1 amide bonds. The number of nitrogens with zero attached hydrogens (tertiary/aromatic N) is 2. The Morgan fingerprint density at radius 2 is 1.72 bits per heavy atom. The normalized spacial score (nSPS) is 19.8. The molecular weight excluding hydrogens is 500 g/mol. The number of carbonyl (C=O) groups is 2.